The largest absolute Gasteiger partial charge is 0.497 e. The second-order valence-electron chi connectivity index (χ2n) is 10.1. The standard InChI is InChI=1S/C28H32N4O6/c1-4-25(34)30-27(36)28(2,16-31-14-17-7-8-19(37-3)12-20(17)26(31)35)23-13-21-22(38-23)9-10-24(29-21)32-11-5-6-18(32)15-33/h7-10,12-13,18,33H,4-6,11,14-16H2,1-3H3,(H,30,34,36). The Morgan fingerprint density at radius 2 is 2.08 bits per heavy atom. The van der Waals surface area contributed by atoms with Gasteiger partial charge in [0.25, 0.3) is 5.91 Å². The van der Waals surface area contributed by atoms with Gasteiger partial charge in [0.05, 0.1) is 19.8 Å². The van der Waals surface area contributed by atoms with Gasteiger partial charge in [-0.15, -0.1) is 0 Å². The van der Waals surface area contributed by atoms with Gasteiger partial charge < -0.3 is 24.1 Å². The van der Waals surface area contributed by atoms with Crippen molar-refractivity contribution in [2.75, 3.05) is 31.7 Å². The van der Waals surface area contributed by atoms with Crippen LogP contribution in [0.2, 0.25) is 0 Å². The summed E-state index contributed by atoms with van der Waals surface area (Å²) in [5.74, 6) is 0.425. The Kier molecular flexibility index (Phi) is 6.83. The molecule has 0 bridgehead atoms. The molecule has 0 radical (unpaired) electrons. The Balaban J connectivity index is 1.49. The van der Waals surface area contributed by atoms with E-state index in [9.17, 15) is 19.5 Å². The quantitative estimate of drug-likeness (QED) is 0.465. The van der Waals surface area contributed by atoms with Crippen LogP contribution in [0.15, 0.2) is 40.8 Å². The van der Waals surface area contributed by atoms with Gasteiger partial charge in [-0.2, -0.15) is 0 Å². The van der Waals surface area contributed by atoms with Crippen molar-refractivity contribution in [3.63, 3.8) is 0 Å². The molecule has 2 atom stereocenters. The van der Waals surface area contributed by atoms with E-state index in [0.29, 0.717) is 34.7 Å². The Morgan fingerprint density at radius 3 is 2.82 bits per heavy atom. The molecule has 0 spiro atoms. The summed E-state index contributed by atoms with van der Waals surface area (Å²) in [6.07, 6.45) is 2.01. The fourth-order valence-corrected chi connectivity index (χ4v) is 5.26. The average molecular weight is 521 g/mol. The number of carbonyl (C=O) groups is 3. The van der Waals surface area contributed by atoms with Crippen molar-refractivity contribution in [3.05, 3.63) is 53.3 Å². The number of anilines is 1. The second kappa shape index (κ2) is 10.1. The molecule has 2 aliphatic rings. The number of amides is 3. The minimum Gasteiger partial charge on any atom is -0.497 e. The van der Waals surface area contributed by atoms with Crippen molar-refractivity contribution in [3.8, 4) is 5.75 Å². The van der Waals surface area contributed by atoms with E-state index in [1.807, 2.05) is 12.1 Å². The number of aromatic nitrogens is 1. The predicted molar refractivity (Wildman–Crippen MR) is 140 cm³/mol. The number of benzene rings is 1. The number of pyridine rings is 1. The van der Waals surface area contributed by atoms with Crippen molar-refractivity contribution in [1.29, 1.82) is 0 Å². The van der Waals surface area contributed by atoms with Gasteiger partial charge in [-0.1, -0.05) is 13.0 Å². The predicted octanol–water partition coefficient (Wildman–Crippen LogP) is 2.76. The summed E-state index contributed by atoms with van der Waals surface area (Å²) in [6.45, 7) is 4.51. The number of hydrogen-bond donors (Lipinski definition) is 2. The Labute approximate surface area is 220 Å². The number of furan rings is 1. The lowest BCUT2D eigenvalue weighted by atomic mass is 9.85. The van der Waals surface area contributed by atoms with E-state index in [2.05, 4.69) is 10.2 Å². The molecule has 1 aromatic carbocycles. The maximum absolute atomic E-state index is 13.5. The summed E-state index contributed by atoms with van der Waals surface area (Å²) in [5, 5.41) is 12.2. The van der Waals surface area contributed by atoms with Gasteiger partial charge in [0.1, 0.15) is 28.3 Å². The highest BCUT2D eigenvalue weighted by atomic mass is 16.5. The molecule has 2 unspecified atom stereocenters. The average Bonchev–Trinajstić information content (AvgIpc) is 3.65. The van der Waals surface area contributed by atoms with E-state index < -0.39 is 17.2 Å². The van der Waals surface area contributed by atoms with E-state index in [0.717, 1.165) is 30.8 Å². The zero-order valence-corrected chi connectivity index (χ0v) is 21.8. The van der Waals surface area contributed by atoms with Gasteiger partial charge in [-0.25, -0.2) is 4.98 Å². The SMILES string of the molecule is CCC(=O)NC(=O)C(C)(CN1Cc2ccc(OC)cc2C1=O)c1cc2nc(N3CCCC3CO)ccc2o1. The molecule has 2 N–H and O–H groups in total. The highest BCUT2D eigenvalue weighted by Crippen LogP contribution is 2.35. The van der Waals surface area contributed by atoms with Crippen molar-refractivity contribution in [2.24, 2.45) is 0 Å². The third-order valence-corrected chi connectivity index (χ3v) is 7.56. The third-order valence-electron chi connectivity index (χ3n) is 7.56. The molecule has 38 heavy (non-hydrogen) atoms. The first-order valence-corrected chi connectivity index (χ1v) is 12.9. The van der Waals surface area contributed by atoms with E-state index in [-0.39, 0.29) is 31.5 Å². The molecule has 2 aromatic heterocycles. The zero-order valence-electron chi connectivity index (χ0n) is 21.8. The van der Waals surface area contributed by atoms with Gasteiger partial charge in [0, 0.05) is 37.7 Å². The molecule has 200 valence electrons. The minimum absolute atomic E-state index is 0.00293. The number of hydrogen-bond acceptors (Lipinski definition) is 8. The highest BCUT2D eigenvalue weighted by Gasteiger charge is 2.44. The maximum Gasteiger partial charge on any atom is 0.254 e. The molecule has 3 amide bonds. The van der Waals surface area contributed by atoms with Crippen molar-refractivity contribution >= 4 is 34.6 Å². The number of methoxy groups -OCH3 is 1. The van der Waals surface area contributed by atoms with E-state index >= 15 is 0 Å². The van der Waals surface area contributed by atoms with Crippen molar-refractivity contribution in [1.82, 2.24) is 15.2 Å². The minimum atomic E-state index is -1.37. The molecule has 0 saturated carbocycles. The van der Waals surface area contributed by atoms with Crippen LogP contribution in [0.5, 0.6) is 5.75 Å². The van der Waals surface area contributed by atoms with Gasteiger partial charge in [0.15, 0.2) is 5.58 Å². The van der Waals surface area contributed by atoms with Crippen LogP contribution >= 0.6 is 0 Å². The monoisotopic (exact) mass is 520 g/mol. The van der Waals surface area contributed by atoms with Crippen LogP contribution in [0.3, 0.4) is 0 Å². The lowest BCUT2D eigenvalue weighted by Gasteiger charge is -2.30. The number of nitrogens with zero attached hydrogens (tertiary/aromatic N) is 3. The fourth-order valence-electron chi connectivity index (χ4n) is 5.26. The number of nitrogens with one attached hydrogen (secondary N) is 1. The summed E-state index contributed by atoms with van der Waals surface area (Å²) in [5.41, 5.74) is 1.04. The number of carbonyl (C=O) groups excluding carboxylic acids is 3. The van der Waals surface area contributed by atoms with E-state index in [1.54, 1.807) is 50.1 Å². The molecule has 1 fully saturated rings. The second-order valence-corrected chi connectivity index (χ2v) is 10.1. The van der Waals surface area contributed by atoms with Crippen molar-refractivity contribution < 1.29 is 28.6 Å². The Hall–Kier alpha value is -3.92. The van der Waals surface area contributed by atoms with Crippen molar-refractivity contribution in [2.45, 2.75) is 51.1 Å². The first kappa shape index (κ1) is 25.7. The van der Waals surface area contributed by atoms with Gasteiger partial charge >= 0.3 is 0 Å². The zero-order chi connectivity index (χ0) is 27.0. The summed E-state index contributed by atoms with van der Waals surface area (Å²) < 4.78 is 11.4. The number of rotatable bonds is 8. The Bertz CT molecular complexity index is 1400. The summed E-state index contributed by atoms with van der Waals surface area (Å²) in [7, 11) is 1.54. The van der Waals surface area contributed by atoms with Crippen LogP contribution in [0.25, 0.3) is 11.1 Å². The Morgan fingerprint density at radius 1 is 1.26 bits per heavy atom. The van der Waals surface area contributed by atoms with Crippen LogP contribution in [0.4, 0.5) is 5.82 Å². The molecule has 0 aliphatic carbocycles. The number of ether oxygens (including phenoxy) is 1. The molecule has 10 heteroatoms. The summed E-state index contributed by atoms with van der Waals surface area (Å²) in [6, 6.07) is 10.7. The fraction of sp³-hybridized carbons (Fsp3) is 0.429. The lowest BCUT2D eigenvalue weighted by Crippen LogP contribution is -2.51. The lowest BCUT2D eigenvalue weighted by molar-refractivity contribution is -0.134. The molecule has 10 nitrogen and oxygen atoms in total. The first-order chi connectivity index (χ1) is 18.3. The van der Waals surface area contributed by atoms with E-state index in [1.165, 1.54) is 0 Å². The van der Waals surface area contributed by atoms with Crippen LogP contribution in [0, 0.1) is 0 Å². The molecule has 5 rings (SSSR count). The molecule has 1 saturated heterocycles. The summed E-state index contributed by atoms with van der Waals surface area (Å²) in [4.78, 5) is 47.4. The van der Waals surface area contributed by atoms with Gasteiger partial charge in [-0.3, -0.25) is 19.7 Å². The molecule has 2 aliphatic heterocycles. The summed E-state index contributed by atoms with van der Waals surface area (Å²) >= 11 is 0. The normalized spacial score (nSPS) is 18.5. The first-order valence-electron chi connectivity index (χ1n) is 12.9. The van der Waals surface area contributed by atoms with Crippen LogP contribution in [-0.2, 0) is 21.5 Å². The maximum atomic E-state index is 13.5. The third kappa shape index (κ3) is 4.49. The molecule has 3 aromatic rings. The highest BCUT2D eigenvalue weighted by molar-refractivity contribution is 6.02. The van der Waals surface area contributed by atoms with Gasteiger partial charge in [-0.05, 0) is 49.6 Å². The topological polar surface area (TPSA) is 125 Å². The molecular formula is C28H32N4O6. The van der Waals surface area contributed by atoms with Crippen LogP contribution in [0.1, 0.15) is 54.8 Å². The number of fused-ring (bicyclic) bond motifs is 2. The molecular weight excluding hydrogens is 488 g/mol. The number of imide groups is 1. The molecule has 4 heterocycles. The van der Waals surface area contributed by atoms with Gasteiger partial charge in [0.2, 0.25) is 11.8 Å². The number of aliphatic hydroxyl groups is 1. The smallest absolute Gasteiger partial charge is 0.254 e. The van der Waals surface area contributed by atoms with Crippen LogP contribution < -0.4 is 15.0 Å². The van der Waals surface area contributed by atoms with E-state index in [4.69, 9.17) is 14.1 Å². The van der Waals surface area contributed by atoms with Crippen LogP contribution in [-0.4, -0.2) is 65.6 Å². The number of aliphatic hydroxyl groups excluding tert-OH is 1.